The number of pyridine rings is 1. The van der Waals surface area contributed by atoms with Crippen LogP contribution < -0.4 is 10.9 Å². The lowest BCUT2D eigenvalue weighted by atomic mass is 10.0. The van der Waals surface area contributed by atoms with E-state index < -0.39 is 0 Å². The summed E-state index contributed by atoms with van der Waals surface area (Å²) in [5.74, 6) is -0.382. The van der Waals surface area contributed by atoms with Crippen LogP contribution in [0.3, 0.4) is 0 Å². The Morgan fingerprint density at radius 2 is 2.19 bits per heavy atom. The van der Waals surface area contributed by atoms with E-state index in [0.29, 0.717) is 13.2 Å². The Morgan fingerprint density at radius 1 is 1.38 bits per heavy atom. The summed E-state index contributed by atoms with van der Waals surface area (Å²) in [6, 6.07) is 3.22. The van der Waals surface area contributed by atoms with Gasteiger partial charge in [0.25, 0.3) is 11.5 Å². The van der Waals surface area contributed by atoms with Crippen LogP contribution in [0.25, 0.3) is 0 Å². The molecule has 0 aromatic carbocycles. The first-order valence-corrected chi connectivity index (χ1v) is 8.78. The molecule has 1 amide bonds. The molecular weight excluding hydrogens is 334 g/mol. The molecule has 1 N–H and O–H groups in total. The van der Waals surface area contributed by atoms with Gasteiger partial charge < -0.3 is 19.2 Å². The Labute approximate surface area is 152 Å². The fourth-order valence-electron chi connectivity index (χ4n) is 3.40. The van der Waals surface area contributed by atoms with Crippen LogP contribution in [-0.4, -0.2) is 57.3 Å². The van der Waals surface area contributed by atoms with Crippen LogP contribution in [0.1, 0.15) is 29.0 Å². The second-order valence-electron chi connectivity index (χ2n) is 6.46. The van der Waals surface area contributed by atoms with Crippen molar-refractivity contribution in [3.05, 3.63) is 52.5 Å². The molecule has 1 saturated heterocycles. The Balaban J connectivity index is 1.76. The number of carbonyl (C=O) groups is 1. The number of carbonyl (C=O) groups excluding carboxylic acids is 1. The summed E-state index contributed by atoms with van der Waals surface area (Å²) in [7, 11) is 3.58. The fourth-order valence-corrected chi connectivity index (χ4v) is 3.40. The smallest absolute Gasteiger partial charge is 0.263 e. The molecular formula is C18H25N5O3. The van der Waals surface area contributed by atoms with E-state index in [-0.39, 0.29) is 29.2 Å². The number of likely N-dealkylation sites (N-methyl/N-ethyl adjacent to an activating group) is 1. The second kappa shape index (κ2) is 7.84. The summed E-state index contributed by atoms with van der Waals surface area (Å²) in [6.45, 7) is 4.75. The molecule has 1 aliphatic rings. The van der Waals surface area contributed by atoms with Crippen molar-refractivity contribution in [2.24, 2.45) is 14.1 Å². The molecule has 2 atom stereocenters. The van der Waals surface area contributed by atoms with E-state index in [9.17, 15) is 9.59 Å². The number of rotatable bonds is 5. The van der Waals surface area contributed by atoms with Crippen LogP contribution >= 0.6 is 0 Å². The van der Waals surface area contributed by atoms with E-state index in [1.54, 1.807) is 25.6 Å². The summed E-state index contributed by atoms with van der Waals surface area (Å²) in [6.07, 6.45) is 5.02. The highest BCUT2D eigenvalue weighted by Crippen LogP contribution is 2.28. The number of nitrogens with zero attached hydrogens (tertiary/aromatic N) is 4. The number of imidazole rings is 1. The van der Waals surface area contributed by atoms with Crippen molar-refractivity contribution >= 4 is 5.91 Å². The van der Waals surface area contributed by atoms with E-state index in [2.05, 4.69) is 22.1 Å². The Hall–Kier alpha value is -2.45. The normalized spacial score (nSPS) is 20.9. The third kappa shape index (κ3) is 3.56. The summed E-state index contributed by atoms with van der Waals surface area (Å²) >= 11 is 0. The lowest BCUT2D eigenvalue weighted by Crippen LogP contribution is -2.50. The van der Waals surface area contributed by atoms with Crippen LogP contribution in [0.2, 0.25) is 0 Å². The summed E-state index contributed by atoms with van der Waals surface area (Å²) in [5, 5.41) is 2.86. The van der Waals surface area contributed by atoms with Crippen LogP contribution in [0.4, 0.5) is 0 Å². The first kappa shape index (κ1) is 18.3. The van der Waals surface area contributed by atoms with Crippen molar-refractivity contribution in [1.29, 1.82) is 0 Å². The average molecular weight is 359 g/mol. The van der Waals surface area contributed by atoms with Gasteiger partial charge in [-0.2, -0.15) is 0 Å². The van der Waals surface area contributed by atoms with Gasteiger partial charge in [-0.05, 0) is 18.7 Å². The standard InChI is InChI=1S/C18H25N5O3/c1-4-23-8-9-26-15(16(23)14-10-19-12-22(14)3)11-20-17(24)13-6-5-7-21(2)18(13)25/h5-7,10,12,15-16H,4,8-9,11H2,1-3H3,(H,20,24)/t15-,16-/m0/s1. The van der Waals surface area contributed by atoms with E-state index in [1.165, 1.54) is 10.6 Å². The molecule has 8 heteroatoms. The topological polar surface area (TPSA) is 81.4 Å². The van der Waals surface area contributed by atoms with E-state index in [1.807, 2.05) is 17.8 Å². The zero-order valence-corrected chi connectivity index (χ0v) is 15.4. The minimum absolute atomic E-state index is 0.000145. The van der Waals surface area contributed by atoms with Crippen molar-refractivity contribution in [1.82, 2.24) is 24.3 Å². The van der Waals surface area contributed by atoms with Gasteiger partial charge in [-0.1, -0.05) is 6.92 Å². The number of nitrogens with one attached hydrogen (secondary N) is 1. The predicted molar refractivity (Wildman–Crippen MR) is 97.0 cm³/mol. The molecule has 0 unspecified atom stereocenters. The van der Waals surface area contributed by atoms with E-state index in [0.717, 1.165) is 18.8 Å². The largest absolute Gasteiger partial charge is 0.373 e. The number of aryl methyl sites for hydroxylation is 2. The van der Waals surface area contributed by atoms with Crippen molar-refractivity contribution in [3.8, 4) is 0 Å². The number of hydrogen-bond acceptors (Lipinski definition) is 5. The summed E-state index contributed by atoms with van der Waals surface area (Å²) in [5.41, 5.74) is 0.865. The highest BCUT2D eigenvalue weighted by molar-refractivity contribution is 5.93. The molecule has 2 aromatic rings. The van der Waals surface area contributed by atoms with E-state index in [4.69, 9.17) is 4.74 Å². The Bertz CT molecular complexity index is 828. The molecule has 0 aliphatic carbocycles. The first-order chi connectivity index (χ1) is 12.5. The maximum Gasteiger partial charge on any atom is 0.263 e. The molecule has 26 heavy (non-hydrogen) atoms. The molecule has 3 rings (SSSR count). The molecule has 0 bridgehead atoms. The number of aromatic nitrogens is 3. The maximum absolute atomic E-state index is 12.5. The molecule has 0 saturated carbocycles. The Kier molecular flexibility index (Phi) is 5.53. The quantitative estimate of drug-likeness (QED) is 0.831. The van der Waals surface area contributed by atoms with Crippen molar-refractivity contribution < 1.29 is 9.53 Å². The number of hydrogen-bond donors (Lipinski definition) is 1. The second-order valence-corrected chi connectivity index (χ2v) is 6.46. The molecule has 3 heterocycles. The third-order valence-corrected chi connectivity index (χ3v) is 4.85. The number of ether oxygens (including phenoxy) is 1. The van der Waals surface area contributed by atoms with Gasteiger partial charge in [0.15, 0.2) is 0 Å². The SMILES string of the molecule is CCN1CCO[C@@H](CNC(=O)c2cccn(C)c2=O)[C@@H]1c1cncn1C. The lowest BCUT2D eigenvalue weighted by molar-refractivity contribution is -0.0706. The highest BCUT2D eigenvalue weighted by Gasteiger charge is 2.34. The van der Waals surface area contributed by atoms with Gasteiger partial charge >= 0.3 is 0 Å². The molecule has 8 nitrogen and oxygen atoms in total. The molecule has 0 radical (unpaired) electrons. The monoisotopic (exact) mass is 359 g/mol. The zero-order valence-electron chi connectivity index (χ0n) is 15.4. The maximum atomic E-state index is 12.5. The van der Waals surface area contributed by atoms with Crippen LogP contribution in [-0.2, 0) is 18.8 Å². The van der Waals surface area contributed by atoms with Gasteiger partial charge in [0.1, 0.15) is 5.56 Å². The van der Waals surface area contributed by atoms with Crippen molar-refractivity contribution in [2.45, 2.75) is 19.1 Å². The molecule has 2 aromatic heterocycles. The van der Waals surface area contributed by atoms with Crippen molar-refractivity contribution in [3.63, 3.8) is 0 Å². The van der Waals surface area contributed by atoms with Gasteiger partial charge in [-0.15, -0.1) is 0 Å². The van der Waals surface area contributed by atoms with Crippen molar-refractivity contribution in [2.75, 3.05) is 26.2 Å². The molecule has 1 aliphatic heterocycles. The zero-order chi connectivity index (χ0) is 18.7. The fraction of sp³-hybridized carbons (Fsp3) is 0.500. The number of amides is 1. The minimum atomic E-state index is -0.382. The summed E-state index contributed by atoms with van der Waals surface area (Å²) in [4.78, 5) is 31.1. The van der Waals surface area contributed by atoms with Gasteiger partial charge in [0, 0.05) is 39.6 Å². The van der Waals surface area contributed by atoms with Crippen LogP contribution in [0.15, 0.2) is 35.6 Å². The minimum Gasteiger partial charge on any atom is -0.373 e. The first-order valence-electron chi connectivity index (χ1n) is 8.78. The van der Waals surface area contributed by atoms with Crippen LogP contribution in [0.5, 0.6) is 0 Å². The van der Waals surface area contributed by atoms with E-state index >= 15 is 0 Å². The van der Waals surface area contributed by atoms with Gasteiger partial charge in [0.2, 0.25) is 0 Å². The highest BCUT2D eigenvalue weighted by atomic mass is 16.5. The molecule has 0 spiro atoms. The van der Waals surface area contributed by atoms with Gasteiger partial charge in [0.05, 0.1) is 30.8 Å². The molecule has 140 valence electrons. The number of morpholine rings is 1. The average Bonchev–Trinajstić information content (AvgIpc) is 3.07. The third-order valence-electron chi connectivity index (χ3n) is 4.85. The Morgan fingerprint density at radius 3 is 2.88 bits per heavy atom. The van der Waals surface area contributed by atoms with Crippen LogP contribution in [0, 0.1) is 0 Å². The lowest BCUT2D eigenvalue weighted by Gasteiger charge is -2.40. The molecule has 1 fully saturated rings. The predicted octanol–water partition coefficient (Wildman–Crippen LogP) is 0.311. The van der Waals surface area contributed by atoms with Gasteiger partial charge in [-0.25, -0.2) is 4.98 Å². The summed E-state index contributed by atoms with van der Waals surface area (Å²) < 4.78 is 9.33. The van der Waals surface area contributed by atoms with Gasteiger partial charge in [-0.3, -0.25) is 14.5 Å².